The topological polar surface area (TPSA) is 62.5 Å². The average molecular weight is 296 g/mol. The van der Waals surface area contributed by atoms with Crippen LogP contribution >= 0.6 is 12.4 Å². The van der Waals surface area contributed by atoms with Gasteiger partial charge in [-0.3, -0.25) is 4.79 Å². The van der Waals surface area contributed by atoms with Crippen LogP contribution in [0.1, 0.15) is 22.5 Å². The standard InChI is InChI=1S/C13H17N5O.ClH/c1-10-3-7-18-12(16-10)11(9-15-18)13(19)17-6-2-4-14-5-8-17;/h3,7,9,14H,2,4-6,8H2,1H3;1H. The van der Waals surface area contributed by atoms with E-state index in [4.69, 9.17) is 0 Å². The molecule has 1 aliphatic heterocycles. The predicted octanol–water partition coefficient (Wildman–Crippen LogP) is 0.895. The van der Waals surface area contributed by atoms with E-state index >= 15 is 0 Å². The smallest absolute Gasteiger partial charge is 0.259 e. The maximum absolute atomic E-state index is 12.5. The van der Waals surface area contributed by atoms with Gasteiger partial charge in [0.15, 0.2) is 5.65 Å². The van der Waals surface area contributed by atoms with Gasteiger partial charge in [-0.05, 0) is 26.0 Å². The van der Waals surface area contributed by atoms with E-state index in [-0.39, 0.29) is 18.3 Å². The zero-order chi connectivity index (χ0) is 13.2. The molecule has 0 radical (unpaired) electrons. The number of rotatable bonds is 1. The van der Waals surface area contributed by atoms with E-state index in [1.807, 2.05) is 24.1 Å². The molecule has 0 atom stereocenters. The van der Waals surface area contributed by atoms with Gasteiger partial charge in [0.05, 0.1) is 6.20 Å². The summed E-state index contributed by atoms with van der Waals surface area (Å²) in [5.41, 5.74) is 2.12. The minimum atomic E-state index is 0. The summed E-state index contributed by atoms with van der Waals surface area (Å²) < 4.78 is 1.65. The zero-order valence-electron chi connectivity index (χ0n) is 11.4. The third kappa shape index (κ3) is 2.76. The van der Waals surface area contributed by atoms with Gasteiger partial charge in [-0.25, -0.2) is 9.50 Å². The van der Waals surface area contributed by atoms with Crippen LogP contribution < -0.4 is 5.32 Å². The molecule has 0 bridgehead atoms. The molecule has 0 spiro atoms. The SMILES string of the molecule is Cc1ccn2ncc(C(=O)N3CCCNCC3)c2n1.Cl. The molecular formula is C13H18ClN5O. The summed E-state index contributed by atoms with van der Waals surface area (Å²) in [5, 5.41) is 7.48. The molecule has 1 fully saturated rings. The fraction of sp³-hybridized carbons (Fsp3) is 0.462. The van der Waals surface area contributed by atoms with Gasteiger partial charge in [-0.15, -0.1) is 12.4 Å². The van der Waals surface area contributed by atoms with Crippen molar-refractivity contribution in [3.63, 3.8) is 0 Å². The number of amides is 1. The number of nitrogens with one attached hydrogen (secondary N) is 1. The minimum absolute atomic E-state index is 0. The fourth-order valence-corrected chi connectivity index (χ4v) is 2.33. The van der Waals surface area contributed by atoms with Gasteiger partial charge < -0.3 is 10.2 Å². The summed E-state index contributed by atoms with van der Waals surface area (Å²) in [6, 6.07) is 1.88. The van der Waals surface area contributed by atoms with Crippen LogP contribution in [0.4, 0.5) is 0 Å². The molecule has 1 amide bonds. The van der Waals surface area contributed by atoms with Gasteiger partial charge in [0, 0.05) is 31.5 Å². The van der Waals surface area contributed by atoms with Gasteiger partial charge in [-0.2, -0.15) is 5.10 Å². The zero-order valence-corrected chi connectivity index (χ0v) is 12.2. The Morgan fingerprint density at radius 3 is 3.05 bits per heavy atom. The van der Waals surface area contributed by atoms with E-state index in [1.165, 1.54) is 0 Å². The van der Waals surface area contributed by atoms with Gasteiger partial charge in [0.1, 0.15) is 5.56 Å². The maximum Gasteiger partial charge on any atom is 0.259 e. The van der Waals surface area contributed by atoms with Crippen molar-refractivity contribution in [1.29, 1.82) is 0 Å². The Kier molecular flexibility index (Phi) is 4.57. The molecule has 0 aromatic carbocycles. The Labute approximate surface area is 123 Å². The molecule has 3 rings (SSSR count). The number of hydrogen-bond acceptors (Lipinski definition) is 4. The summed E-state index contributed by atoms with van der Waals surface area (Å²) in [7, 11) is 0. The van der Waals surface area contributed by atoms with Crippen molar-refractivity contribution >= 4 is 24.0 Å². The summed E-state index contributed by atoms with van der Waals surface area (Å²) >= 11 is 0. The van der Waals surface area contributed by atoms with Crippen LogP contribution in [0.3, 0.4) is 0 Å². The van der Waals surface area contributed by atoms with Crippen molar-refractivity contribution in [2.75, 3.05) is 26.2 Å². The molecule has 0 unspecified atom stereocenters. The number of aryl methyl sites for hydroxylation is 1. The first-order chi connectivity index (χ1) is 9.25. The van der Waals surface area contributed by atoms with Gasteiger partial charge in [-0.1, -0.05) is 0 Å². The molecule has 1 aliphatic rings. The first-order valence-corrected chi connectivity index (χ1v) is 6.57. The second-order valence-corrected chi connectivity index (χ2v) is 4.79. The molecule has 3 heterocycles. The molecular weight excluding hydrogens is 278 g/mol. The van der Waals surface area contributed by atoms with Crippen LogP contribution in [-0.4, -0.2) is 51.6 Å². The highest BCUT2D eigenvalue weighted by molar-refractivity contribution is 5.99. The fourth-order valence-electron chi connectivity index (χ4n) is 2.33. The first kappa shape index (κ1) is 14.7. The summed E-state index contributed by atoms with van der Waals surface area (Å²) in [5.74, 6) is 0.0248. The van der Waals surface area contributed by atoms with E-state index in [2.05, 4.69) is 15.4 Å². The van der Waals surface area contributed by atoms with Crippen molar-refractivity contribution in [3.05, 3.63) is 29.7 Å². The highest BCUT2D eigenvalue weighted by atomic mass is 35.5. The van der Waals surface area contributed by atoms with E-state index in [0.29, 0.717) is 11.2 Å². The van der Waals surface area contributed by atoms with Crippen molar-refractivity contribution in [3.8, 4) is 0 Å². The molecule has 2 aromatic rings. The highest BCUT2D eigenvalue weighted by Gasteiger charge is 2.21. The molecule has 7 heteroatoms. The Morgan fingerprint density at radius 1 is 1.35 bits per heavy atom. The molecule has 6 nitrogen and oxygen atoms in total. The second-order valence-electron chi connectivity index (χ2n) is 4.79. The molecule has 1 saturated heterocycles. The quantitative estimate of drug-likeness (QED) is 0.849. The number of fused-ring (bicyclic) bond motifs is 1. The highest BCUT2D eigenvalue weighted by Crippen LogP contribution is 2.12. The monoisotopic (exact) mass is 295 g/mol. The van der Waals surface area contributed by atoms with Crippen LogP contribution in [0.15, 0.2) is 18.5 Å². The van der Waals surface area contributed by atoms with E-state index in [0.717, 1.165) is 38.3 Å². The van der Waals surface area contributed by atoms with Crippen molar-refractivity contribution in [1.82, 2.24) is 24.8 Å². The van der Waals surface area contributed by atoms with Crippen LogP contribution in [0.25, 0.3) is 5.65 Å². The predicted molar refractivity (Wildman–Crippen MR) is 78.4 cm³/mol. The van der Waals surface area contributed by atoms with Crippen LogP contribution in [0.5, 0.6) is 0 Å². The molecule has 20 heavy (non-hydrogen) atoms. The lowest BCUT2D eigenvalue weighted by Crippen LogP contribution is -2.34. The van der Waals surface area contributed by atoms with Gasteiger partial charge in [0.25, 0.3) is 5.91 Å². The van der Waals surface area contributed by atoms with E-state index < -0.39 is 0 Å². The number of hydrogen-bond donors (Lipinski definition) is 1. The molecule has 0 aliphatic carbocycles. The third-order valence-electron chi connectivity index (χ3n) is 3.37. The molecule has 108 valence electrons. The second kappa shape index (κ2) is 6.19. The Morgan fingerprint density at radius 2 is 2.20 bits per heavy atom. The summed E-state index contributed by atoms with van der Waals surface area (Å²) in [6.45, 7) is 5.25. The molecule has 2 aromatic heterocycles. The van der Waals surface area contributed by atoms with Crippen molar-refractivity contribution in [2.45, 2.75) is 13.3 Å². The largest absolute Gasteiger partial charge is 0.337 e. The summed E-state index contributed by atoms with van der Waals surface area (Å²) in [4.78, 5) is 18.8. The van der Waals surface area contributed by atoms with Crippen LogP contribution in [-0.2, 0) is 0 Å². The number of carbonyl (C=O) groups excluding carboxylic acids is 1. The van der Waals surface area contributed by atoms with Crippen molar-refractivity contribution in [2.24, 2.45) is 0 Å². The number of carbonyl (C=O) groups is 1. The number of halogens is 1. The number of nitrogens with zero attached hydrogens (tertiary/aromatic N) is 4. The van der Waals surface area contributed by atoms with Crippen LogP contribution in [0, 0.1) is 6.92 Å². The molecule has 0 saturated carbocycles. The first-order valence-electron chi connectivity index (χ1n) is 6.57. The lowest BCUT2D eigenvalue weighted by Gasteiger charge is -2.19. The van der Waals surface area contributed by atoms with Crippen LogP contribution in [0.2, 0.25) is 0 Å². The van der Waals surface area contributed by atoms with Crippen molar-refractivity contribution < 1.29 is 4.79 Å². The molecule has 1 N–H and O–H groups in total. The van der Waals surface area contributed by atoms with E-state index in [9.17, 15) is 4.79 Å². The van der Waals surface area contributed by atoms with Gasteiger partial charge >= 0.3 is 0 Å². The summed E-state index contributed by atoms with van der Waals surface area (Å²) in [6.07, 6.45) is 4.43. The average Bonchev–Trinajstić information content (AvgIpc) is 2.64. The normalized spacial score (nSPS) is 15.8. The lowest BCUT2D eigenvalue weighted by atomic mass is 10.2. The lowest BCUT2D eigenvalue weighted by molar-refractivity contribution is 0.0768. The van der Waals surface area contributed by atoms with E-state index in [1.54, 1.807) is 10.7 Å². The Bertz CT molecular complexity index is 604. The van der Waals surface area contributed by atoms with Gasteiger partial charge in [0.2, 0.25) is 0 Å². The number of aromatic nitrogens is 3. The third-order valence-corrected chi connectivity index (χ3v) is 3.37. The minimum Gasteiger partial charge on any atom is -0.337 e. The Balaban J connectivity index is 0.00000147. The Hall–Kier alpha value is -1.66. The maximum atomic E-state index is 12.5.